The Balaban J connectivity index is 1.38. The van der Waals surface area contributed by atoms with E-state index in [2.05, 4.69) is 27.8 Å². The minimum Gasteiger partial charge on any atom is -0.356 e. The summed E-state index contributed by atoms with van der Waals surface area (Å²) in [6, 6.07) is 8.76. The van der Waals surface area contributed by atoms with Gasteiger partial charge in [-0.1, -0.05) is 37.5 Å². The number of anilines is 1. The van der Waals surface area contributed by atoms with E-state index in [1.165, 1.54) is 37.7 Å². The fourth-order valence-electron chi connectivity index (χ4n) is 3.81. The molecule has 0 atom stereocenters. The van der Waals surface area contributed by atoms with E-state index in [4.69, 9.17) is 0 Å². The summed E-state index contributed by atoms with van der Waals surface area (Å²) in [6.07, 6.45) is 8.79. The predicted molar refractivity (Wildman–Crippen MR) is 103 cm³/mol. The molecule has 5 nitrogen and oxygen atoms in total. The van der Waals surface area contributed by atoms with Crippen molar-refractivity contribution in [1.29, 1.82) is 0 Å². The van der Waals surface area contributed by atoms with Crippen LogP contribution >= 0.6 is 0 Å². The number of amides is 1. The van der Waals surface area contributed by atoms with Crippen molar-refractivity contribution in [1.82, 2.24) is 10.6 Å². The Bertz CT molecular complexity index is 607. The van der Waals surface area contributed by atoms with Crippen molar-refractivity contribution in [2.75, 3.05) is 25.0 Å². The SMILES string of the molecule is CN=C(NCCCC(=O)N1CCc2ccccc21)NC1CCCCC1. The molecule has 1 aliphatic heterocycles. The van der Waals surface area contributed by atoms with Crippen LogP contribution in [0.3, 0.4) is 0 Å². The van der Waals surface area contributed by atoms with Gasteiger partial charge >= 0.3 is 0 Å². The van der Waals surface area contributed by atoms with Crippen molar-refractivity contribution in [3.05, 3.63) is 29.8 Å². The lowest BCUT2D eigenvalue weighted by molar-refractivity contribution is -0.118. The quantitative estimate of drug-likeness (QED) is 0.491. The number of hydrogen-bond acceptors (Lipinski definition) is 2. The van der Waals surface area contributed by atoms with Crippen LogP contribution in [0.2, 0.25) is 0 Å². The zero-order valence-corrected chi connectivity index (χ0v) is 15.3. The summed E-state index contributed by atoms with van der Waals surface area (Å²) in [4.78, 5) is 18.7. The van der Waals surface area contributed by atoms with Gasteiger partial charge in [0.05, 0.1) is 0 Å². The van der Waals surface area contributed by atoms with Crippen molar-refractivity contribution >= 4 is 17.6 Å². The van der Waals surface area contributed by atoms with Crippen LogP contribution in [-0.2, 0) is 11.2 Å². The number of rotatable bonds is 5. The molecule has 1 heterocycles. The van der Waals surface area contributed by atoms with E-state index in [9.17, 15) is 4.79 Å². The molecule has 1 amide bonds. The maximum Gasteiger partial charge on any atom is 0.227 e. The molecule has 2 aliphatic rings. The Hall–Kier alpha value is -2.04. The molecule has 0 saturated heterocycles. The topological polar surface area (TPSA) is 56.7 Å². The first-order valence-corrected chi connectivity index (χ1v) is 9.63. The average Bonchev–Trinajstić information content (AvgIpc) is 3.09. The van der Waals surface area contributed by atoms with Gasteiger partial charge in [0.25, 0.3) is 0 Å². The van der Waals surface area contributed by atoms with Crippen molar-refractivity contribution in [3.63, 3.8) is 0 Å². The second-order valence-electron chi connectivity index (χ2n) is 7.01. The molecule has 136 valence electrons. The van der Waals surface area contributed by atoms with Gasteiger partial charge in [-0.2, -0.15) is 0 Å². The van der Waals surface area contributed by atoms with E-state index in [1.807, 2.05) is 24.1 Å². The molecule has 0 spiro atoms. The molecular formula is C20H30N4O. The van der Waals surface area contributed by atoms with Gasteiger partial charge in [0, 0.05) is 38.3 Å². The third kappa shape index (κ3) is 4.74. The average molecular weight is 342 g/mol. The molecule has 1 aliphatic carbocycles. The first kappa shape index (κ1) is 17.8. The Labute approximate surface area is 150 Å². The lowest BCUT2D eigenvalue weighted by Gasteiger charge is -2.25. The summed E-state index contributed by atoms with van der Waals surface area (Å²) in [6.45, 7) is 1.59. The summed E-state index contributed by atoms with van der Waals surface area (Å²) in [5.74, 6) is 1.09. The number of benzene rings is 1. The molecule has 1 aromatic carbocycles. The lowest BCUT2D eigenvalue weighted by atomic mass is 9.96. The van der Waals surface area contributed by atoms with Gasteiger partial charge < -0.3 is 15.5 Å². The third-order valence-electron chi connectivity index (χ3n) is 5.22. The minimum atomic E-state index is 0.224. The van der Waals surface area contributed by atoms with Crippen LogP contribution in [0.1, 0.15) is 50.5 Å². The normalized spacial score (nSPS) is 18.1. The molecule has 1 aromatic rings. The number of para-hydroxylation sites is 1. The highest BCUT2D eigenvalue weighted by molar-refractivity contribution is 5.95. The fourth-order valence-corrected chi connectivity index (χ4v) is 3.81. The number of aliphatic imine (C=N–C) groups is 1. The van der Waals surface area contributed by atoms with E-state index < -0.39 is 0 Å². The maximum absolute atomic E-state index is 12.5. The molecule has 0 unspecified atom stereocenters. The molecule has 25 heavy (non-hydrogen) atoms. The second-order valence-corrected chi connectivity index (χ2v) is 7.01. The highest BCUT2D eigenvalue weighted by Crippen LogP contribution is 2.27. The zero-order chi connectivity index (χ0) is 17.5. The van der Waals surface area contributed by atoms with E-state index in [-0.39, 0.29) is 5.91 Å². The molecule has 3 rings (SSSR count). The second kappa shape index (κ2) is 8.88. The smallest absolute Gasteiger partial charge is 0.227 e. The van der Waals surface area contributed by atoms with Gasteiger partial charge in [0.2, 0.25) is 5.91 Å². The van der Waals surface area contributed by atoms with Gasteiger partial charge in [-0.3, -0.25) is 9.79 Å². The van der Waals surface area contributed by atoms with Crippen LogP contribution in [0.4, 0.5) is 5.69 Å². The predicted octanol–water partition coefficient (Wildman–Crippen LogP) is 2.85. The zero-order valence-electron chi connectivity index (χ0n) is 15.3. The highest BCUT2D eigenvalue weighted by atomic mass is 16.2. The number of nitrogens with zero attached hydrogens (tertiary/aromatic N) is 2. The van der Waals surface area contributed by atoms with Gasteiger partial charge in [-0.05, 0) is 37.3 Å². The van der Waals surface area contributed by atoms with E-state index in [1.54, 1.807) is 0 Å². The van der Waals surface area contributed by atoms with Gasteiger partial charge in [0.1, 0.15) is 0 Å². The number of hydrogen-bond donors (Lipinski definition) is 2. The monoisotopic (exact) mass is 342 g/mol. The van der Waals surface area contributed by atoms with Crippen LogP contribution in [0, 0.1) is 0 Å². The van der Waals surface area contributed by atoms with Crippen LogP contribution in [0.15, 0.2) is 29.3 Å². The summed E-state index contributed by atoms with van der Waals surface area (Å²) in [5.41, 5.74) is 2.38. The summed E-state index contributed by atoms with van der Waals surface area (Å²) < 4.78 is 0. The molecular weight excluding hydrogens is 312 g/mol. The third-order valence-corrected chi connectivity index (χ3v) is 5.22. The minimum absolute atomic E-state index is 0.224. The Morgan fingerprint density at radius 2 is 2.04 bits per heavy atom. The van der Waals surface area contributed by atoms with Crippen molar-refractivity contribution in [3.8, 4) is 0 Å². The number of carbonyl (C=O) groups excluding carboxylic acids is 1. The Kier molecular flexibility index (Phi) is 6.31. The summed E-state index contributed by atoms with van der Waals surface area (Å²) >= 11 is 0. The lowest BCUT2D eigenvalue weighted by Crippen LogP contribution is -2.44. The van der Waals surface area contributed by atoms with Crippen LogP contribution in [-0.4, -0.2) is 38.0 Å². The molecule has 5 heteroatoms. The fraction of sp³-hybridized carbons (Fsp3) is 0.600. The molecule has 1 saturated carbocycles. The summed E-state index contributed by atoms with van der Waals surface area (Å²) in [5, 5.41) is 6.86. The van der Waals surface area contributed by atoms with Gasteiger partial charge in [-0.15, -0.1) is 0 Å². The molecule has 1 fully saturated rings. The molecule has 0 bridgehead atoms. The number of fused-ring (bicyclic) bond motifs is 1. The summed E-state index contributed by atoms with van der Waals surface area (Å²) in [7, 11) is 1.81. The molecule has 2 N–H and O–H groups in total. The van der Waals surface area contributed by atoms with Crippen molar-refractivity contribution < 1.29 is 4.79 Å². The standard InChI is InChI=1S/C20H30N4O/c1-21-20(23-17-9-3-2-4-10-17)22-14-7-12-19(25)24-15-13-16-8-5-6-11-18(16)24/h5-6,8,11,17H,2-4,7,9-10,12-15H2,1H3,(H2,21,22,23). The molecule has 0 aromatic heterocycles. The highest BCUT2D eigenvalue weighted by Gasteiger charge is 2.23. The van der Waals surface area contributed by atoms with Crippen molar-refractivity contribution in [2.24, 2.45) is 4.99 Å². The number of nitrogens with one attached hydrogen (secondary N) is 2. The van der Waals surface area contributed by atoms with Crippen LogP contribution in [0.5, 0.6) is 0 Å². The number of carbonyl (C=O) groups is 1. The number of guanidine groups is 1. The molecule has 0 radical (unpaired) electrons. The first-order valence-electron chi connectivity index (χ1n) is 9.63. The maximum atomic E-state index is 12.5. The van der Waals surface area contributed by atoms with E-state index >= 15 is 0 Å². The van der Waals surface area contributed by atoms with Crippen LogP contribution < -0.4 is 15.5 Å². The van der Waals surface area contributed by atoms with E-state index in [0.29, 0.717) is 12.5 Å². The first-order chi connectivity index (χ1) is 12.3. The van der Waals surface area contributed by atoms with Crippen molar-refractivity contribution in [2.45, 2.75) is 57.4 Å². The van der Waals surface area contributed by atoms with Crippen LogP contribution in [0.25, 0.3) is 0 Å². The van der Waals surface area contributed by atoms with Gasteiger partial charge in [0.15, 0.2) is 5.96 Å². The van der Waals surface area contributed by atoms with E-state index in [0.717, 1.165) is 37.6 Å². The Morgan fingerprint density at radius 1 is 1.24 bits per heavy atom. The largest absolute Gasteiger partial charge is 0.356 e. The van der Waals surface area contributed by atoms with Gasteiger partial charge in [-0.25, -0.2) is 0 Å². The Morgan fingerprint density at radius 3 is 2.84 bits per heavy atom.